The van der Waals surface area contributed by atoms with Crippen LogP contribution in [0.3, 0.4) is 0 Å². The van der Waals surface area contributed by atoms with Crippen LogP contribution in [0.25, 0.3) is 17.0 Å². The number of aromatic nitrogens is 2. The predicted octanol–water partition coefficient (Wildman–Crippen LogP) is 8.22. The molecule has 0 saturated heterocycles. The highest BCUT2D eigenvalue weighted by Gasteiger charge is 2.29. The summed E-state index contributed by atoms with van der Waals surface area (Å²) in [5.41, 5.74) is 4.07. The Balaban J connectivity index is 1.19. The number of allylic oxidation sites excluding steroid dienone is 2. The number of thiophene rings is 1. The summed E-state index contributed by atoms with van der Waals surface area (Å²) in [5.74, 6) is 1.53. The highest BCUT2D eigenvalue weighted by atomic mass is 32.1. The first kappa shape index (κ1) is 36.4. The van der Waals surface area contributed by atoms with E-state index in [-0.39, 0.29) is 30.7 Å². The summed E-state index contributed by atoms with van der Waals surface area (Å²) in [5, 5.41) is 14.5. The van der Waals surface area contributed by atoms with Gasteiger partial charge in [-0.05, 0) is 78.5 Å². The molecule has 49 heavy (non-hydrogen) atoms. The number of nitrogens with one attached hydrogen (secondary N) is 2. The summed E-state index contributed by atoms with van der Waals surface area (Å²) in [6.45, 7) is 8.55. The van der Waals surface area contributed by atoms with Crippen LogP contribution in [0, 0.1) is 17.8 Å². The van der Waals surface area contributed by atoms with Crippen LogP contribution in [0.4, 0.5) is 0 Å². The number of carbonyl (C=O) groups excluding carboxylic acids is 2. The lowest BCUT2D eigenvalue weighted by Crippen LogP contribution is -2.48. The molecule has 0 aliphatic heterocycles. The SMILES string of the molecule is CCCC1CCC(C2CC=C(c3cnc(-c4ccc(C[C@H](NC(=O)c5ccc(C(C)(C)C)s5)C(=O)NCCC(=O)O)cc4)nc3)CC2)CC1. The molecular weight excluding hydrogens is 633 g/mol. The van der Waals surface area contributed by atoms with E-state index in [0.29, 0.717) is 10.7 Å². The van der Waals surface area contributed by atoms with Gasteiger partial charge in [0.1, 0.15) is 6.04 Å². The Hall–Kier alpha value is -3.85. The van der Waals surface area contributed by atoms with Gasteiger partial charge in [-0.1, -0.05) is 83.7 Å². The van der Waals surface area contributed by atoms with Gasteiger partial charge in [-0.3, -0.25) is 14.4 Å². The van der Waals surface area contributed by atoms with Crippen LogP contribution in [0.15, 0.2) is 54.9 Å². The van der Waals surface area contributed by atoms with Crippen molar-refractivity contribution in [2.45, 2.75) is 110 Å². The molecule has 2 aromatic heterocycles. The van der Waals surface area contributed by atoms with E-state index in [1.54, 1.807) is 6.07 Å². The summed E-state index contributed by atoms with van der Waals surface area (Å²) in [7, 11) is 0. The fourth-order valence-corrected chi connectivity index (χ4v) is 8.25. The summed E-state index contributed by atoms with van der Waals surface area (Å²) < 4.78 is 0. The van der Waals surface area contributed by atoms with E-state index < -0.39 is 17.9 Å². The Kier molecular flexibility index (Phi) is 12.4. The van der Waals surface area contributed by atoms with Gasteiger partial charge < -0.3 is 15.7 Å². The second-order valence-electron chi connectivity index (χ2n) is 14.9. The molecule has 0 spiro atoms. The van der Waals surface area contributed by atoms with Crippen LogP contribution < -0.4 is 10.6 Å². The summed E-state index contributed by atoms with van der Waals surface area (Å²) in [4.78, 5) is 48.3. The largest absolute Gasteiger partial charge is 0.481 e. The molecule has 2 amide bonds. The van der Waals surface area contributed by atoms with Crippen molar-refractivity contribution in [3.8, 4) is 11.4 Å². The maximum atomic E-state index is 13.2. The molecule has 5 rings (SSSR count). The molecule has 1 saturated carbocycles. The third kappa shape index (κ3) is 10.1. The second-order valence-corrected chi connectivity index (χ2v) is 16.0. The average Bonchev–Trinajstić information content (AvgIpc) is 3.61. The number of carboxylic acid groups (broad SMARTS) is 1. The first-order valence-electron chi connectivity index (χ1n) is 18.0. The maximum absolute atomic E-state index is 13.2. The van der Waals surface area contributed by atoms with Crippen molar-refractivity contribution in [1.82, 2.24) is 20.6 Å². The highest BCUT2D eigenvalue weighted by Crippen LogP contribution is 2.42. The first-order chi connectivity index (χ1) is 23.5. The van der Waals surface area contributed by atoms with Gasteiger partial charge >= 0.3 is 5.97 Å². The zero-order chi connectivity index (χ0) is 35.0. The minimum absolute atomic E-state index is 0.0164. The van der Waals surface area contributed by atoms with Gasteiger partial charge in [0.2, 0.25) is 5.91 Å². The number of hydrogen-bond donors (Lipinski definition) is 3. The number of carboxylic acids is 1. The molecule has 9 heteroatoms. The van der Waals surface area contributed by atoms with Crippen molar-refractivity contribution >= 4 is 34.7 Å². The van der Waals surface area contributed by atoms with Crippen LogP contribution >= 0.6 is 11.3 Å². The molecule has 8 nitrogen and oxygen atoms in total. The Morgan fingerprint density at radius 3 is 2.24 bits per heavy atom. The number of rotatable bonds is 13. The van der Waals surface area contributed by atoms with Crippen LogP contribution in [-0.2, 0) is 21.4 Å². The third-order valence-corrected chi connectivity index (χ3v) is 11.7. The van der Waals surface area contributed by atoms with E-state index in [0.717, 1.165) is 52.2 Å². The summed E-state index contributed by atoms with van der Waals surface area (Å²) in [6.07, 6.45) is 18.2. The van der Waals surface area contributed by atoms with Gasteiger partial charge in [-0.15, -0.1) is 11.3 Å². The predicted molar refractivity (Wildman–Crippen MR) is 196 cm³/mol. The van der Waals surface area contributed by atoms with Gasteiger partial charge in [0, 0.05) is 41.4 Å². The average molecular weight is 685 g/mol. The second kappa shape index (κ2) is 16.7. The number of benzene rings is 1. The van der Waals surface area contributed by atoms with Gasteiger partial charge in [0.15, 0.2) is 5.82 Å². The molecule has 1 aromatic carbocycles. The topological polar surface area (TPSA) is 121 Å². The fraction of sp³-hybridized carbons (Fsp3) is 0.525. The molecule has 3 N–H and O–H groups in total. The standard InChI is InChI=1S/C40H52N4O4S/c1-5-6-26-7-11-28(12-8-26)29-15-17-30(18-16-29)32-24-42-37(43-25-32)31-13-9-27(10-14-31)23-33(38(47)41-22-21-36(45)46)44-39(48)34-19-20-35(49-34)40(2,3)4/h9-10,13-14,17,19-20,24-26,28-29,33H,5-8,11-12,15-16,18,21-23H2,1-4H3,(H,41,47)(H,44,48)(H,45,46)/t26?,28?,29?,33-/m0/s1. The Morgan fingerprint density at radius 2 is 1.65 bits per heavy atom. The van der Waals surface area contributed by atoms with E-state index in [9.17, 15) is 14.4 Å². The maximum Gasteiger partial charge on any atom is 0.305 e. The number of carbonyl (C=O) groups is 3. The normalized spacial score (nSPS) is 20.2. The van der Waals surface area contributed by atoms with Gasteiger partial charge in [-0.2, -0.15) is 0 Å². The van der Waals surface area contributed by atoms with Crippen molar-refractivity contribution in [2.75, 3.05) is 6.54 Å². The van der Waals surface area contributed by atoms with E-state index in [2.05, 4.69) is 44.4 Å². The Morgan fingerprint density at radius 1 is 0.939 bits per heavy atom. The molecule has 262 valence electrons. The van der Waals surface area contributed by atoms with E-state index in [1.165, 1.54) is 61.9 Å². The molecule has 1 unspecified atom stereocenters. The van der Waals surface area contributed by atoms with E-state index in [4.69, 9.17) is 15.1 Å². The molecule has 2 aliphatic carbocycles. The van der Waals surface area contributed by atoms with Crippen LogP contribution in [0.5, 0.6) is 0 Å². The van der Waals surface area contributed by atoms with Crippen molar-refractivity contribution < 1.29 is 19.5 Å². The molecule has 0 radical (unpaired) electrons. The summed E-state index contributed by atoms with van der Waals surface area (Å²) in [6, 6.07) is 10.5. The van der Waals surface area contributed by atoms with Crippen molar-refractivity contribution in [3.05, 3.63) is 75.7 Å². The van der Waals surface area contributed by atoms with E-state index in [1.807, 2.05) is 42.7 Å². The lowest BCUT2D eigenvalue weighted by Gasteiger charge is -2.35. The minimum atomic E-state index is -1.00. The zero-order valence-corrected chi connectivity index (χ0v) is 30.3. The molecule has 1 fully saturated rings. The van der Waals surface area contributed by atoms with Crippen LogP contribution in [0.2, 0.25) is 0 Å². The molecule has 0 bridgehead atoms. The minimum Gasteiger partial charge on any atom is -0.481 e. The van der Waals surface area contributed by atoms with Gasteiger partial charge in [-0.25, -0.2) is 9.97 Å². The number of amides is 2. The van der Waals surface area contributed by atoms with Gasteiger partial charge in [0.25, 0.3) is 5.91 Å². The van der Waals surface area contributed by atoms with E-state index >= 15 is 0 Å². The molecule has 2 aliphatic rings. The fourth-order valence-electron chi connectivity index (χ4n) is 7.29. The highest BCUT2D eigenvalue weighted by molar-refractivity contribution is 7.14. The Labute approximate surface area is 295 Å². The van der Waals surface area contributed by atoms with Crippen molar-refractivity contribution in [3.63, 3.8) is 0 Å². The third-order valence-electron chi connectivity index (χ3n) is 10.2. The Bertz CT molecular complexity index is 1600. The molecule has 2 heterocycles. The first-order valence-corrected chi connectivity index (χ1v) is 18.8. The van der Waals surface area contributed by atoms with Crippen molar-refractivity contribution in [1.29, 1.82) is 0 Å². The number of nitrogens with zero attached hydrogens (tertiary/aromatic N) is 2. The van der Waals surface area contributed by atoms with Crippen LogP contribution in [-0.4, -0.2) is 45.4 Å². The summed E-state index contributed by atoms with van der Waals surface area (Å²) >= 11 is 1.41. The molecule has 2 atom stereocenters. The van der Waals surface area contributed by atoms with Gasteiger partial charge in [0.05, 0.1) is 11.3 Å². The monoisotopic (exact) mass is 684 g/mol. The smallest absolute Gasteiger partial charge is 0.305 e. The number of aliphatic carboxylic acids is 1. The molecular formula is C40H52N4O4S. The zero-order valence-electron chi connectivity index (χ0n) is 29.5. The number of hydrogen-bond acceptors (Lipinski definition) is 6. The quantitative estimate of drug-likeness (QED) is 0.167. The lowest BCUT2D eigenvalue weighted by molar-refractivity contribution is -0.137. The lowest BCUT2D eigenvalue weighted by atomic mass is 9.70. The molecule has 3 aromatic rings. The van der Waals surface area contributed by atoms with Crippen molar-refractivity contribution in [2.24, 2.45) is 17.8 Å². The van der Waals surface area contributed by atoms with Crippen LogP contribution in [0.1, 0.15) is 118 Å².